The zero-order valence-electron chi connectivity index (χ0n) is 49.9. The molecule has 0 amide bonds. The van der Waals surface area contributed by atoms with Gasteiger partial charge in [-0.05, 0) is 203 Å². The fourth-order valence-electron chi connectivity index (χ4n) is 28.4. The predicted molar refractivity (Wildman–Crippen MR) is 310 cm³/mol. The zero-order valence-corrected chi connectivity index (χ0v) is 49.9. The third-order valence-corrected chi connectivity index (χ3v) is 30.4. The highest BCUT2D eigenvalue weighted by molar-refractivity contribution is 5.95. The SMILES string of the molecule is CC12CC=C3CC4CC5C=CC67C(=O)OCC8(C1C(=O)C(O)C1(C9CCCC(Cc%10ccccc%10)C9)C8C(CC8(C)C(c9ccoc9CC(C(O)CO)C9CCC%10C(C=CN%11CNCC%10%11)C9)OC(=O)C9OC981)CC46C51CCC4(CCCC4)C1)C37O2. The topological polar surface area (TPSA) is 181 Å². The number of cyclic esters (lactones) is 2. The summed E-state index contributed by atoms with van der Waals surface area (Å²) in [7, 11) is 0. The normalized spacial score (nSPS) is 53.1. The largest absolute Gasteiger partial charge is 0.469 e. The minimum atomic E-state index is -1.51. The van der Waals surface area contributed by atoms with Gasteiger partial charge in [-0.15, -0.1) is 0 Å². The summed E-state index contributed by atoms with van der Waals surface area (Å²) in [4.78, 5) is 52.0. The molecule has 2 aromatic rings. The van der Waals surface area contributed by atoms with Crippen molar-refractivity contribution in [2.24, 2.45) is 103 Å². The van der Waals surface area contributed by atoms with Gasteiger partial charge in [-0.25, -0.2) is 4.79 Å². The lowest BCUT2D eigenvalue weighted by atomic mass is 9.28. The van der Waals surface area contributed by atoms with Crippen molar-refractivity contribution in [3.63, 3.8) is 0 Å². The molecule has 13 heteroatoms. The van der Waals surface area contributed by atoms with Crippen molar-refractivity contribution < 1.29 is 53.1 Å². The summed E-state index contributed by atoms with van der Waals surface area (Å²) in [6.07, 6.45) is 28.7. The number of rotatable bonds is 9. The number of ether oxygens (including phenoxy) is 4. The average molecular weight is 1160 g/mol. The van der Waals surface area contributed by atoms with Crippen LogP contribution in [0.25, 0.3) is 0 Å². The molecule has 6 bridgehead atoms. The van der Waals surface area contributed by atoms with E-state index in [9.17, 15) is 15.3 Å². The molecule has 1 aromatic carbocycles. The van der Waals surface area contributed by atoms with Crippen LogP contribution in [-0.2, 0) is 46.2 Å². The van der Waals surface area contributed by atoms with Gasteiger partial charge in [-0.1, -0.05) is 87.2 Å². The molecule has 8 heterocycles. The average Bonchev–Trinajstić information content (AvgIpc) is 1.43. The first-order chi connectivity index (χ1) is 41.1. The summed E-state index contributed by atoms with van der Waals surface area (Å²) >= 11 is 0. The van der Waals surface area contributed by atoms with Gasteiger partial charge in [0.1, 0.15) is 41.2 Å². The number of aliphatic hydroxyl groups is 3. The number of nitrogens with zero attached hydrogens (tertiary/aromatic N) is 1. The number of Topliss-reactive ketones (excluding diaryl/α,β-unsaturated/α-hetero) is 1. The van der Waals surface area contributed by atoms with Gasteiger partial charge in [0, 0.05) is 40.8 Å². The Hall–Kier alpha value is -4.11. The second-order valence-electron chi connectivity index (χ2n) is 32.6. The van der Waals surface area contributed by atoms with E-state index in [0.717, 1.165) is 109 Å². The lowest BCUT2D eigenvalue weighted by Gasteiger charge is -2.74. The monoisotopic (exact) mass is 1160 g/mol. The predicted octanol–water partition coefficient (Wildman–Crippen LogP) is 9.67. The van der Waals surface area contributed by atoms with Gasteiger partial charge >= 0.3 is 11.9 Å². The smallest absolute Gasteiger partial charge is 0.339 e. The number of benzene rings is 1. The molecular formula is C72H88N2O11. The van der Waals surface area contributed by atoms with Crippen molar-refractivity contribution in [3.8, 4) is 0 Å². The molecule has 0 radical (unpaired) electrons. The Labute approximate surface area is 499 Å². The molecule has 7 spiro atoms. The molecule has 4 N–H and O–H groups in total. The van der Waals surface area contributed by atoms with Crippen LogP contribution < -0.4 is 5.32 Å². The number of carbonyl (C=O) groups excluding carboxylic acids is 3. The Morgan fingerprint density at radius 2 is 1.76 bits per heavy atom. The number of ketones is 1. The summed E-state index contributed by atoms with van der Waals surface area (Å²) < 4.78 is 37.1. The first kappa shape index (κ1) is 52.8. The van der Waals surface area contributed by atoms with Crippen LogP contribution in [0.5, 0.6) is 0 Å². The Bertz CT molecular complexity index is 3310. The van der Waals surface area contributed by atoms with Crippen LogP contribution in [0.4, 0.5) is 0 Å². The van der Waals surface area contributed by atoms with Crippen LogP contribution in [-0.4, -0.2) is 106 Å². The lowest BCUT2D eigenvalue weighted by molar-refractivity contribution is -0.310. The Morgan fingerprint density at radius 1 is 0.906 bits per heavy atom. The van der Waals surface area contributed by atoms with E-state index in [0.29, 0.717) is 48.8 Å². The summed E-state index contributed by atoms with van der Waals surface area (Å²) in [5.41, 5.74) is -5.59. The first-order valence-electron chi connectivity index (χ1n) is 34.1. The quantitative estimate of drug-likeness (QED) is 0.106. The van der Waals surface area contributed by atoms with Gasteiger partial charge in [0.05, 0.1) is 42.6 Å². The maximum absolute atomic E-state index is 17.2. The van der Waals surface area contributed by atoms with Gasteiger partial charge in [0.2, 0.25) is 0 Å². The number of hydrogen-bond acceptors (Lipinski definition) is 13. The number of epoxide rings is 1. The molecule has 17 aliphatic rings. The van der Waals surface area contributed by atoms with E-state index < -0.39 is 86.1 Å². The van der Waals surface area contributed by atoms with E-state index in [1.54, 1.807) is 6.26 Å². The number of allylic oxidation sites excluding steroid dienone is 2. The van der Waals surface area contributed by atoms with Crippen LogP contribution >= 0.6 is 0 Å². The maximum Gasteiger partial charge on any atom is 0.339 e. The maximum atomic E-state index is 17.2. The fraction of sp³-hybridized carbons (Fsp3) is 0.736. The fourth-order valence-corrected chi connectivity index (χ4v) is 28.4. The van der Waals surface area contributed by atoms with Crippen molar-refractivity contribution in [1.82, 2.24) is 10.2 Å². The number of furan rings is 1. The van der Waals surface area contributed by atoms with Crippen LogP contribution in [0.2, 0.25) is 0 Å². The summed E-state index contributed by atoms with van der Waals surface area (Å²) in [5, 5.41) is 41.2. The molecule has 13 nitrogen and oxygen atoms in total. The molecule has 19 rings (SSSR count). The molecule has 14 fully saturated rings. The minimum Gasteiger partial charge on any atom is -0.469 e. The molecular weight excluding hydrogens is 1070 g/mol. The summed E-state index contributed by atoms with van der Waals surface area (Å²) in [6, 6.07) is 13.2. The van der Waals surface area contributed by atoms with Crippen LogP contribution in [0, 0.1) is 103 Å². The number of nitrogens with one attached hydrogen (secondary N) is 1. The Balaban J connectivity index is 0.823. The standard InChI is InChI=1S/C72H88N2O11/c1-63-33-44-34-69-48-30-45(66(69)24-23-65(37-66)19-6-7-20-65)16-22-68(69)62(80)82-38-67-56(44)70(46-12-8-11-41(28-46)27-40-9-4-3-5-10-40,58(78)55(77)57(67)64(2)21-15-47(31-48)71(67,68)85-64)72(63)60(84-72)61(79)83-59(63)50-18-26-81-54(50)32-51(53(76)36-75)42-13-14-49-43(29-42)17-25-74-39-73-35-52(49)74/h3-5,9-10,15-18,22,25-26,41-46,48-49,51-53,56-60,73,75-76,78H,6-8,11-14,19-21,23-24,27-39H2,1-2H3. The van der Waals surface area contributed by atoms with Crippen LogP contribution in [0.1, 0.15) is 159 Å². The number of hydrogen-bond donors (Lipinski definition) is 4. The highest BCUT2D eigenvalue weighted by Crippen LogP contribution is 2.95. The molecule has 452 valence electrons. The van der Waals surface area contributed by atoms with Gasteiger partial charge in [-0.2, -0.15) is 0 Å². The van der Waals surface area contributed by atoms with Crippen LogP contribution in [0.3, 0.4) is 0 Å². The van der Waals surface area contributed by atoms with Crippen LogP contribution in [0.15, 0.2) is 83.2 Å². The zero-order chi connectivity index (χ0) is 57.3. The highest BCUT2D eigenvalue weighted by Gasteiger charge is 3.01. The molecule has 25 unspecified atom stereocenters. The second kappa shape index (κ2) is 17.0. The van der Waals surface area contributed by atoms with Gasteiger partial charge in [0.25, 0.3) is 0 Å². The molecule has 7 aliphatic heterocycles. The number of esters is 2. The van der Waals surface area contributed by atoms with E-state index in [1.165, 1.54) is 36.8 Å². The number of carbonyl (C=O) groups is 3. The number of aliphatic hydroxyl groups excluding tert-OH is 3. The summed E-state index contributed by atoms with van der Waals surface area (Å²) in [6.45, 7) is 5.94. The van der Waals surface area contributed by atoms with Crippen molar-refractivity contribution in [2.45, 2.75) is 196 Å². The third-order valence-electron chi connectivity index (χ3n) is 30.4. The minimum absolute atomic E-state index is 0.0296. The number of fused-ring (bicyclic) bond motifs is 5. The Morgan fingerprint density at radius 3 is 2.61 bits per heavy atom. The second-order valence-corrected chi connectivity index (χ2v) is 32.6. The van der Waals surface area contributed by atoms with E-state index in [-0.39, 0.29) is 71.3 Å². The van der Waals surface area contributed by atoms with Gasteiger partial charge < -0.3 is 43.6 Å². The van der Waals surface area contributed by atoms with Crippen molar-refractivity contribution in [3.05, 3.63) is 95.6 Å². The van der Waals surface area contributed by atoms with E-state index in [2.05, 4.69) is 84.9 Å². The van der Waals surface area contributed by atoms with E-state index in [1.807, 2.05) is 6.07 Å². The van der Waals surface area contributed by atoms with Crippen molar-refractivity contribution >= 4 is 17.7 Å². The third kappa shape index (κ3) is 5.73. The molecule has 9 saturated carbocycles. The van der Waals surface area contributed by atoms with E-state index in [4.69, 9.17) is 23.4 Å². The van der Waals surface area contributed by atoms with Crippen molar-refractivity contribution in [2.75, 3.05) is 26.4 Å². The van der Waals surface area contributed by atoms with Gasteiger partial charge in [0.15, 0.2) is 11.9 Å². The molecule has 85 heavy (non-hydrogen) atoms. The molecule has 10 aliphatic carbocycles. The summed E-state index contributed by atoms with van der Waals surface area (Å²) in [5.74, 6) is -0.445. The van der Waals surface area contributed by atoms with Crippen molar-refractivity contribution in [1.29, 1.82) is 0 Å². The lowest BCUT2D eigenvalue weighted by Crippen LogP contribution is -2.84. The molecule has 1 aromatic heterocycles. The highest BCUT2D eigenvalue weighted by atomic mass is 16.7. The first-order valence-corrected chi connectivity index (χ1v) is 34.1. The van der Waals surface area contributed by atoms with Gasteiger partial charge in [-0.3, -0.25) is 14.9 Å². The Kier molecular flexibility index (Phi) is 10.6. The molecule has 25 atom stereocenters. The molecule has 5 saturated heterocycles. The van der Waals surface area contributed by atoms with E-state index >= 15 is 14.4 Å².